The molecule has 1 aromatic heterocycles. The highest BCUT2D eigenvalue weighted by molar-refractivity contribution is 7.99. The summed E-state index contributed by atoms with van der Waals surface area (Å²) in [5, 5.41) is 1.23. The molecular weight excluding hydrogens is 599 g/mol. The van der Waals surface area contributed by atoms with E-state index in [1.165, 1.54) is 18.6 Å². The van der Waals surface area contributed by atoms with Crippen LogP contribution >= 0.6 is 11.8 Å². The predicted molar refractivity (Wildman–Crippen MR) is 168 cm³/mol. The van der Waals surface area contributed by atoms with Crippen molar-refractivity contribution in [3.05, 3.63) is 117 Å². The molecule has 3 aromatic carbocycles. The molecule has 6 rings (SSSR count). The second-order valence-electron chi connectivity index (χ2n) is 11.5. The fourth-order valence-corrected chi connectivity index (χ4v) is 6.82. The number of carbonyl (C=O) groups excluding carboxylic acids is 1. The van der Waals surface area contributed by atoms with Crippen molar-refractivity contribution in [2.45, 2.75) is 74.7 Å². The molecule has 234 valence electrons. The van der Waals surface area contributed by atoms with E-state index in [1.54, 1.807) is 21.2 Å². The zero-order valence-electron chi connectivity index (χ0n) is 24.8. The quantitative estimate of drug-likeness (QED) is 0.171. The number of amides is 1. The first-order valence-corrected chi connectivity index (χ1v) is 16.1. The topological polar surface area (TPSA) is 64.4 Å². The molecule has 1 fully saturated rings. The summed E-state index contributed by atoms with van der Waals surface area (Å²) in [6.07, 6.45) is 1.44. The largest absolute Gasteiger partial charge is 0.489 e. The van der Waals surface area contributed by atoms with Crippen LogP contribution in [0.1, 0.15) is 60.1 Å². The second kappa shape index (κ2) is 13.5. The van der Waals surface area contributed by atoms with Crippen LogP contribution in [0.15, 0.2) is 88.8 Å². The minimum Gasteiger partial charge on any atom is -0.489 e. The first-order valence-electron chi connectivity index (χ1n) is 15.3. The summed E-state index contributed by atoms with van der Waals surface area (Å²) in [7, 11) is 0. The molecule has 45 heavy (non-hydrogen) atoms. The Hall–Kier alpha value is -4.05. The number of aromatic nitrogens is 2. The minimum absolute atomic E-state index is 0.0238. The molecule has 1 saturated carbocycles. The Kier molecular flexibility index (Phi) is 9.30. The molecule has 0 unspecified atom stereocenters. The molecule has 0 spiro atoms. The normalized spacial score (nSPS) is 15.0. The molecule has 0 saturated heterocycles. The summed E-state index contributed by atoms with van der Waals surface area (Å²) in [4.78, 5) is 33.7. The number of rotatable bonds is 10. The SMILES string of the molecule is O=C(CCCc1ccc(OCc2ccc(C(F)(F)F)cc2)cc1)N1CCc2nc(SC3CCC3)n(-c3ccccc3)c(=O)c2C1. The molecule has 0 bridgehead atoms. The first kappa shape index (κ1) is 31.0. The second-order valence-corrected chi connectivity index (χ2v) is 12.8. The van der Waals surface area contributed by atoms with E-state index in [0.717, 1.165) is 47.1 Å². The maximum Gasteiger partial charge on any atom is 0.416 e. The highest BCUT2D eigenvalue weighted by atomic mass is 32.2. The van der Waals surface area contributed by atoms with Crippen LogP contribution in [0.2, 0.25) is 0 Å². The van der Waals surface area contributed by atoms with Gasteiger partial charge in [0.2, 0.25) is 5.91 Å². The molecule has 1 aliphatic carbocycles. The van der Waals surface area contributed by atoms with Crippen LogP contribution < -0.4 is 10.3 Å². The Morgan fingerprint density at radius 2 is 1.67 bits per heavy atom. The lowest BCUT2D eigenvalue weighted by Crippen LogP contribution is -2.41. The molecule has 4 aromatic rings. The number of para-hydroxylation sites is 1. The average molecular weight is 634 g/mol. The summed E-state index contributed by atoms with van der Waals surface area (Å²) in [6.45, 7) is 0.982. The number of benzene rings is 3. The molecule has 1 aliphatic heterocycles. The van der Waals surface area contributed by atoms with Gasteiger partial charge in [0.05, 0.1) is 29.1 Å². The molecule has 1 amide bonds. The van der Waals surface area contributed by atoms with Gasteiger partial charge in [-0.2, -0.15) is 13.2 Å². The standard InChI is InChI=1S/C35H34F3N3O3S/c36-35(37,38)26-16-12-25(13-17-26)23-44-28-18-14-24(15-19-28)6-4-11-32(42)40-21-20-31-30(22-40)33(43)41(27-7-2-1-3-8-27)34(39-31)45-29-9-5-10-29/h1-3,7-8,12-19,29H,4-6,9-11,20-23H2. The van der Waals surface area contributed by atoms with E-state index >= 15 is 0 Å². The van der Waals surface area contributed by atoms with Crippen molar-refractivity contribution in [3.8, 4) is 11.4 Å². The number of fused-ring (bicyclic) bond motifs is 1. The fraction of sp³-hybridized carbons (Fsp3) is 0.343. The number of nitrogens with zero attached hydrogens (tertiary/aromatic N) is 3. The Bertz CT molecular complexity index is 1690. The third kappa shape index (κ3) is 7.44. The lowest BCUT2D eigenvalue weighted by molar-refractivity contribution is -0.137. The third-order valence-corrected chi connectivity index (χ3v) is 9.65. The fourth-order valence-electron chi connectivity index (χ4n) is 5.50. The van der Waals surface area contributed by atoms with Gasteiger partial charge in [-0.05, 0) is 73.2 Å². The summed E-state index contributed by atoms with van der Waals surface area (Å²) in [5.74, 6) is 0.640. The van der Waals surface area contributed by atoms with Gasteiger partial charge in [-0.1, -0.05) is 60.6 Å². The number of hydrogen-bond acceptors (Lipinski definition) is 5. The van der Waals surface area contributed by atoms with Gasteiger partial charge < -0.3 is 9.64 Å². The van der Waals surface area contributed by atoms with Crippen molar-refractivity contribution in [2.24, 2.45) is 0 Å². The monoisotopic (exact) mass is 633 g/mol. The van der Waals surface area contributed by atoms with Crippen LogP contribution in [-0.2, 0) is 37.0 Å². The van der Waals surface area contributed by atoms with Crippen LogP contribution in [0.5, 0.6) is 5.75 Å². The van der Waals surface area contributed by atoms with Crippen LogP contribution in [0, 0.1) is 0 Å². The van der Waals surface area contributed by atoms with Gasteiger partial charge >= 0.3 is 6.18 Å². The van der Waals surface area contributed by atoms with Crippen LogP contribution in [0.3, 0.4) is 0 Å². The van der Waals surface area contributed by atoms with E-state index in [4.69, 9.17) is 9.72 Å². The molecular formula is C35H34F3N3O3S. The first-order chi connectivity index (χ1) is 21.7. The molecule has 0 radical (unpaired) electrons. The van der Waals surface area contributed by atoms with Crippen LogP contribution in [0.4, 0.5) is 13.2 Å². The molecule has 10 heteroatoms. The molecule has 2 heterocycles. The van der Waals surface area contributed by atoms with E-state index in [2.05, 4.69) is 0 Å². The Morgan fingerprint density at radius 1 is 0.956 bits per heavy atom. The van der Waals surface area contributed by atoms with E-state index < -0.39 is 11.7 Å². The minimum atomic E-state index is -4.36. The van der Waals surface area contributed by atoms with Crippen LogP contribution in [-0.4, -0.2) is 32.2 Å². The van der Waals surface area contributed by atoms with Crippen molar-refractivity contribution in [3.63, 3.8) is 0 Å². The zero-order chi connectivity index (χ0) is 31.4. The van der Waals surface area contributed by atoms with Crippen molar-refractivity contribution < 1.29 is 22.7 Å². The predicted octanol–water partition coefficient (Wildman–Crippen LogP) is 7.38. The van der Waals surface area contributed by atoms with Crippen LogP contribution in [0.25, 0.3) is 5.69 Å². The molecule has 0 atom stereocenters. The third-order valence-electron chi connectivity index (χ3n) is 8.36. The lowest BCUT2D eigenvalue weighted by atomic mass is 10.0. The molecule has 2 aliphatic rings. The van der Waals surface area contributed by atoms with E-state index in [-0.39, 0.29) is 24.6 Å². The summed E-state index contributed by atoms with van der Waals surface area (Å²) >= 11 is 1.69. The van der Waals surface area contributed by atoms with E-state index in [1.807, 2.05) is 54.6 Å². The number of alkyl halides is 3. The Labute approximate surface area is 264 Å². The molecule has 6 nitrogen and oxygen atoms in total. The Balaban J connectivity index is 1.03. The maximum absolute atomic E-state index is 13.8. The van der Waals surface area contributed by atoms with Crippen molar-refractivity contribution in [1.82, 2.24) is 14.5 Å². The smallest absolute Gasteiger partial charge is 0.416 e. The average Bonchev–Trinajstić information content (AvgIpc) is 3.02. The zero-order valence-corrected chi connectivity index (χ0v) is 25.6. The highest BCUT2D eigenvalue weighted by Crippen LogP contribution is 2.36. The number of aryl methyl sites for hydroxylation is 1. The van der Waals surface area contributed by atoms with Gasteiger partial charge in [-0.25, -0.2) is 4.98 Å². The van der Waals surface area contributed by atoms with Gasteiger partial charge in [0.25, 0.3) is 5.56 Å². The number of carbonyl (C=O) groups is 1. The van der Waals surface area contributed by atoms with Gasteiger partial charge in [0.1, 0.15) is 12.4 Å². The van der Waals surface area contributed by atoms with Gasteiger partial charge in [-0.3, -0.25) is 14.2 Å². The molecule has 0 N–H and O–H groups in total. The number of hydrogen-bond donors (Lipinski definition) is 0. The van der Waals surface area contributed by atoms with Gasteiger partial charge in [0, 0.05) is 24.6 Å². The summed E-state index contributed by atoms with van der Waals surface area (Å²) in [6, 6.07) is 22.0. The number of halogens is 3. The number of ether oxygens (including phenoxy) is 1. The van der Waals surface area contributed by atoms with Gasteiger partial charge in [-0.15, -0.1) is 0 Å². The number of thioether (sulfide) groups is 1. The lowest BCUT2D eigenvalue weighted by Gasteiger charge is -2.30. The maximum atomic E-state index is 13.8. The van der Waals surface area contributed by atoms with E-state index in [9.17, 15) is 22.8 Å². The van der Waals surface area contributed by atoms with Crippen molar-refractivity contribution in [1.29, 1.82) is 0 Å². The Morgan fingerprint density at radius 3 is 2.33 bits per heavy atom. The summed E-state index contributed by atoms with van der Waals surface area (Å²) in [5.41, 5.74) is 3.12. The van der Waals surface area contributed by atoms with Crippen molar-refractivity contribution in [2.75, 3.05) is 6.54 Å². The highest BCUT2D eigenvalue weighted by Gasteiger charge is 2.30. The van der Waals surface area contributed by atoms with Gasteiger partial charge in [0.15, 0.2) is 5.16 Å². The van der Waals surface area contributed by atoms with E-state index in [0.29, 0.717) is 54.4 Å². The summed E-state index contributed by atoms with van der Waals surface area (Å²) < 4.78 is 45.7. The van der Waals surface area contributed by atoms with Crippen molar-refractivity contribution >= 4 is 17.7 Å².